The Labute approximate surface area is 222 Å². The zero-order chi connectivity index (χ0) is 27.0. The Hall–Kier alpha value is -2.75. The number of alkyl carbamates (subject to hydrolysis) is 1. The molecule has 2 rings (SSSR count). The molecule has 10 heteroatoms. The molecule has 0 aliphatic rings. The van der Waals surface area contributed by atoms with Gasteiger partial charge in [0.2, 0.25) is 5.91 Å². The molecule has 0 aromatic heterocycles. The summed E-state index contributed by atoms with van der Waals surface area (Å²) in [6, 6.07) is 10.2. The van der Waals surface area contributed by atoms with Crippen LogP contribution in [0, 0.1) is 13.8 Å². The predicted molar refractivity (Wildman–Crippen MR) is 145 cm³/mol. The van der Waals surface area contributed by atoms with Crippen LogP contribution in [0.3, 0.4) is 0 Å². The molecular weight excluding hydrogens is 502 g/mol. The van der Waals surface area contributed by atoms with Crippen molar-refractivity contribution in [3.05, 3.63) is 64.2 Å². The van der Waals surface area contributed by atoms with Gasteiger partial charge in [-0.25, -0.2) is 4.79 Å². The Balaban J connectivity index is 2.48. The molecule has 0 aliphatic carbocycles. The van der Waals surface area contributed by atoms with Gasteiger partial charge in [-0.3, -0.25) is 9.59 Å². The first-order valence-electron chi connectivity index (χ1n) is 11.5. The van der Waals surface area contributed by atoms with Crippen molar-refractivity contribution in [1.82, 2.24) is 10.2 Å². The third kappa shape index (κ3) is 8.15. The van der Waals surface area contributed by atoms with Crippen LogP contribution in [0.4, 0.5) is 10.5 Å². The summed E-state index contributed by atoms with van der Waals surface area (Å²) in [5.74, 6) is -1.16. The topological polar surface area (TPSA) is 108 Å². The standard InChI is InChI=1S/C26H34ClN3O5S/c1-16-8-6-10-18(14-16)22(23(32)29-21-17(2)9-7-11-19(21)27)30(12-13-31)24(33)20(15-36)28-25(34)35-26(3,4)5/h6-11,14,20,22,31,36H,12-13,15H2,1-5H3,(H,28,34)(H,29,32). The number of anilines is 1. The van der Waals surface area contributed by atoms with E-state index in [0.29, 0.717) is 16.3 Å². The number of ether oxygens (including phenoxy) is 1. The molecule has 0 radical (unpaired) electrons. The van der Waals surface area contributed by atoms with Crippen LogP contribution in [-0.4, -0.2) is 58.5 Å². The number of nitrogens with one attached hydrogen (secondary N) is 2. The molecule has 3 amide bonds. The molecule has 3 N–H and O–H groups in total. The normalized spacial score (nSPS) is 12.9. The van der Waals surface area contributed by atoms with Crippen molar-refractivity contribution in [3.8, 4) is 0 Å². The SMILES string of the molecule is Cc1cccc(C(C(=O)Nc2c(C)cccc2Cl)N(CCO)C(=O)C(CS)NC(=O)OC(C)(C)C)c1. The first-order chi connectivity index (χ1) is 16.9. The Morgan fingerprint density at radius 3 is 2.36 bits per heavy atom. The number of amides is 3. The van der Waals surface area contributed by atoms with Gasteiger partial charge in [-0.1, -0.05) is 53.6 Å². The van der Waals surface area contributed by atoms with Gasteiger partial charge in [-0.05, 0) is 51.8 Å². The lowest BCUT2D eigenvalue weighted by molar-refractivity contribution is -0.140. The number of nitrogens with zero attached hydrogens (tertiary/aromatic N) is 1. The summed E-state index contributed by atoms with van der Waals surface area (Å²) < 4.78 is 5.28. The first kappa shape index (κ1) is 29.5. The molecule has 0 aliphatic heterocycles. The van der Waals surface area contributed by atoms with E-state index in [1.54, 1.807) is 51.1 Å². The number of hydrogen-bond donors (Lipinski definition) is 4. The minimum atomic E-state index is -1.12. The number of aliphatic hydroxyl groups excluding tert-OH is 1. The molecular formula is C26H34ClN3O5S. The van der Waals surface area contributed by atoms with Crippen LogP contribution in [0.15, 0.2) is 42.5 Å². The van der Waals surface area contributed by atoms with Crippen molar-refractivity contribution < 1.29 is 24.2 Å². The molecule has 2 atom stereocenters. The summed E-state index contributed by atoms with van der Waals surface area (Å²) in [6.45, 7) is 8.23. The molecule has 2 unspecified atom stereocenters. The summed E-state index contributed by atoms with van der Waals surface area (Å²) in [7, 11) is 0. The second-order valence-corrected chi connectivity index (χ2v) is 10.1. The van der Waals surface area contributed by atoms with E-state index < -0.39 is 42.2 Å². The monoisotopic (exact) mass is 535 g/mol. The summed E-state index contributed by atoms with van der Waals surface area (Å²) in [5.41, 5.74) is 1.83. The first-order valence-corrected chi connectivity index (χ1v) is 12.5. The van der Waals surface area contributed by atoms with Crippen LogP contribution < -0.4 is 10.6 Å². The average molecular weight is 536 g/mol. The molecule has 0 heterocycles. The van der Waals surface area contributed by atoms with E-state index in [9.17, 15) is 19.5 Å². The molecule has 196 valence electrons. The maximum Gasteiger partial charge on any atom is 0.408 e. The number of carbonyl (C=O) groups is 3. The smallest absolute Gasteiger partial charge is 0.408 e. The van der Waals surface area contributed by atoms with E-state index in [1.165, 1.54) is 4.90 Å². The van der Waals surface area contributed by atoms with Crippen molar-refractivity contribution in [2.45, 2.75) is 52.3 Å². The second kappa shape index (κ2) is 13.0. The molecule has 0 bridgehead atoms. The van der Waals surface area contributed by atoms with Crippen LogP contribution in [0.2, 0.25) is 5.02 Å². The average Bonchev–Trinajstić information content (AvgIpc) is 2.78. The highest BCUT2D eigenvalue weighted by Gasteiger charge is 2.36. The van der Waals surface area contributed by atoms with Crippen LogP contribution in [0.25, 0.3) is 0 Å². The molecule has 0 spiro atoms. The van der Waals surface area contributed by atoms with Gasteiger partial charge in [0.25, 0.3) is 5.91 Å². The highest BCUT2D eigenvalue weighted by molar-refractivity contribution is 7.80. The maximum absolute atomic E-state index is 13.7. The van der Waals surface area contributed by atoms with Gasteiger partial charge in [-0.2, -0.15) is 12.6 Å². The van der Waals surface area contributed by atoms with Crippen molar-refractivity contribution in [2.75, 3.05) is 24.2 Å². The number of para-hydroxylation sites is 1. The molecule has 8 nitrogen and oxygen atoms in total. The number of rotatable bonds is 9. The zero-order valence-corrected chi connectivity index (χ0v) is 22.8. The Bertz CT molecular complexity index is 1070. The van der Waals surface area contributed by atoms with E-state index >= 15 is 0 Å². The van der Waals surface area contributed by atoms with Gasteiger partial charge in [0.05, 0.1) is 17.3 Å². The van der Waals surface area contributed by atoms with Crippen molar-refractivity contribution in [2.24, 2.45) is 0 Å². The van der Waals surface area contributed by atoms with Gasteiger partial charge < -0.3 is 25.4 Å². The van der Waals surface area contributed by atoms with Gasteiger partial charge in [0, 0.05) is 12.3 Å². The molecule has 2 aromatic rings. The quantitative estimate of drug-likeness (QED) is 0.358. The second-order valence-electron chi connectivity index (χ2n) is 9.37. The van der Waals surface area contributed by atoms with Gasteiger partial charge in [-0.15, -0.1) is 0 Å². The minimum Gasteiger partial charge on any atom is -0.444 e. The molecule has 0 saturated heterocycles. The molecule has 0 fully saturated rings. The van der Waals surface area contributed by atoms with Crippen LogP contribution in [0.1, 0.15) is 43.5 Å². The Kier molecular flexibility index (Phi) is 10.6. The van der Waals surface area contributed by atoms with Crippen LogP contribution in [-0.2, 0) is 14.3 Å². The maximum atomic E-state index is 13.7. The van der Waals surface area contributed by atoms with Gasteiger partial charge in [0.1, 0.15) is 17.7 Å². The summed E-state index contributed by atoms with van der Waals surface area (Å²) in [5, 5.41) is 15.5. The van der Waals surface area contributed by atoms with Crippen molar-refractivity contribution in [1.29, 1.82) is 0 Å². The third-order valence-electron chi connectivity index (χ3n) is 5.18. The highest BCUT2D eigenvalue weighted by atomic mass is 35.5. The van der Waals surface area contributed by atoms with E-state index in [1.807, 2.05) is 26.0 Å². The number of aliphatic hydroxyl groups is 1. The summed E-state index contributed by atoms with van der Waals surface area (Å²) >= 11 is 10.6. The minimum absolute atomic E-state index is 0.0498. The van der Waals surface area contributed by atoms with Crippen LogP contribution in [0.5, 0.6) is 0 Å². The van der Waals surface area contributed by atoms with Crippen molar-refractivity contribution >= 4 is 47.8 Å². The van der Waals surface area contributed by atoms with Gasteiger partial charge in [0.15, 0.2) is 0 Å². The number of aryl methyl sites for hydroxylation is 2. The number of thiol groups is 1. The van der Waals surface area contributed by atoms with E-state index in [2.05, 4.69) is 23.3 Å². The lowest BCUT2D eigenvalue weighted by atomic mass is 10.0. The fourth-order valence-electron chi connectivity index (χ4n) is 3.60. The highest BCUT2D eigenvalue weighted by Crippen LogP contribution is 2.29. The van der Waals surface area contributed by atoms with Crippen LogP contribution >= 0.6 is 24.2 Å². The summed E-state index contributed by atoms with van der Waals surface area (Å²) in [6.07, 6.45) is -0.790. The molecule has 36 heavy (non-hydrogen) atoms. The lowest BCUT2D eigenvalue weighted by Gasteiger charge is -2.34. The van der Waals surface area contributed by atoms with E-state index in [4.69, 9.17) is 16.3 Å². The molecule has 2 aromatic carbocycles. The number of carbonyl (C=O) groups excluding carboxylic acids is 3. The number of hydrogen-bond acceptors (Lipinski definition) is 6. The third-order valence-corrected chi connectivity index (χ3v) is 5.86. The fourth-order valence-corrected chi connectivity index (χ4v) is 4.12. The van der Waals surface area contributed by atoms with Crippen molar-refractivity contribution in [3.63, 3.8) is 0 Å². The predicted octanol–water partition coefficient (Wildman–Crippen LogP) is 4.28. The lowest BCUT2D eigenvalue weighted by Crippen LogP contribution is -2.53. The van der Waals surface area contributed by atoms with E-state index in [-0.39, 0.29) is 12.3 Å². The largest absolute Gasteiger partial charge is 0.444 e. The number of halogens is 1. The Morgan fingerprint density at radius 1 is 1.14 bits per heavy atom. The Morgan fingerprint density at radius 2 is 1.81 bits per heavy atom. The zero-order valence-electron chi connectivity index (χ0n) is 21.2. The van der Waals surface area contributed by atoms with E-state index in [0.717, 1.165) is 11.1 Å². The molecule has 0 saturated carbocycles. The van der Waals surface area contributed by atoms with Gasteiger partial charge >= 0.3 is 6.09 Å². The summed E-state index contributed by atoms with van der Waals surface area (Å²) in [4.78, 5) is 40.9. The number of benzene rings is 2. The fraction of sp³-hybridized carbons (Fsp3) is 0.423.